The van der Waals surface area contributed by atoms with Crippen molar-refractivity contribution in [1.29, 1.82) is 0 Å². The number of allylic oxidation sites excluding steroid dienone is 2. The van der Waals surface area contributed by atoms with Crippen molar-refractivity contribution in [1.82, 2.24) is 0 Å². The fourth-order valence-corrected chi connectivity index (χ4v) is 2.93. The standard InChI is InChI=1S/C19H36O2.C6H10O2.C4H10O2/c1-3-4-5-6-7-8-9-10-11-12-13-14-15-16-17-18-19(20)21-2;1-3-5-8-6(7)4-2;5-3-1-2-4-6/h10-11H,3-9,12-18H2,1-2H3;4H,2-3,5H2,1H3;5-6H,1-4H2/b11-10-;;. The second-order valence-corrected chi connectivity index (χ2v) is 8.44. The molecule has 0 fully saturated rings. The number of methoxy groups -OCH3 is 1. The van der Waals surface area contributed by atoms with Crippen LogP contribution in [-0.4, -0.2) is 49.1 Å². The maximum Gasteiger partial charge on any atom is 0.330 e. The van der Waals surface area contributed by atoms with Crippen molar-refractivity contribution in [3.63, 3.8) is 0 Å². The molecule has 0 aromatic heterocycles. The molecule has 0 heterocycles. The van der Waals surface area contributed by atoms with Crippen LogP contribution < -0.4 is 0 Å². The summed E-state index contributed by atoms with van der Waals surface area (Å²) in [6.07, 6.45) is 25.4. The van der Waals surface area contributed by atoms with Crippen molar-refractivity contribution in [3.8, 4) is 0 Å². The third-order valence-corrected chi connectivity index (χ3v) is 5.05. The lowest BCUT2D eigenvalue weighted by molar-refractivity contribution is -0.141. The minimum atomic E-state index is -0.341. The van der Waals surface area contributed by atoms with Gasteiger partial charge in [0.2, 0.25) is 0 Å². The first kappa shape index (κ1) is 37.9. The van der Waals surface area contributed by atoms with Crippen molar-refractivity contribution < 1.29 is 29.3 Å². The Morgan fingerprint density at radius 3 is 1.63 bits per heavy atom. The summed E-state index contributed by atoms with van der Waals surface area (Å²) < 4.78 is 9.20. The highest BCUT2D eigenvalue weighted by Gasteiger charge is 1.98. The molecule has 0 rings (SSSR count). The largest absolute Gasteiger partial charge is 0.469 e. The molecule has 0 spiro atoms. The lowest BCUT2D eigenvalue weighted by Gasteiger charge is -2.00. The van der Waals surface area contributed by atoms with Crippen molar-refractivity contribution in [2.24, 2.45) is 0 Å². The number of hydrogen-bond donors (Lipinski definition) is 2. The van der Waals surface area contributed by atoms with Crippen LogP contribution in [0.2, 0.25) is 0 Å². The molecular weight excluding hydrogens is 444 g/mol. The summed E-state index contributed by atoms with van der Waals surface area (Å²) in [5.41, 5.74) is 0. The van der Waals surface area contributed by atoms with E-state index in [2.05, 4.69) is 35.1 Å². The second kappa shape index (κ2) is 36.9. The first-order valence-electron chi connectivity index (χ1n) is 13.8. The molecule has 6 nitrogen and oxygen atoms in total. The Balaban J connectivity index is -0.000000595. The Morgan fingerprint density at radius 2 is 1.20 bits per heavy atom. The zero-order valence-corrected chi connectivity index (χ0v) is 23.1. The Morgan fingerprint density at radius 1 is 0.714 bits per heavy atom. The zero-order valence-electron chi connectivity index (χ0n) is 23.1. The topological polar surface area (TPSA) is 93.1 Å². The summed E-state index contributed by atoms with van der Waals surface area (Å²) in [7, 11) is 1.46. The molecule has 0 radical (unpaired) electrons. The molecule has 0 bridgehead atoms. The van der Waals surface area contributed by atoms with Crippen LogP contribution in [0.4, 0.5) is 0 Å². The highest BCUT2D eigenvalue weighted by molar-refractivity contribution is 5.81. The third kappa shape index (κ3) is 42.9. The highest BCUT2D eigenvalue weighted by Crippen LogP contribution is 2.10. The maximum absolute atomic E-state index is 10.9. The second-order valence-electron chi connectivity index (χ2n) is 8.44. The minimum absolute atomic E-state index is 0.0763. The van der Waals surface area contributed by atoms with Crippen molar-refractivity contribution in [3.05, 3.63) is 24.8 Å². The number of rotatable bonds is 21. The predicted octanol–water partition coefficient (Wildman–Crippen LogP) is 7.07. The van der Waals surface area contributed by atoms with Gasteiger partial charge < -0.3 is 19.7 Å². The number of hydrogen-bond acceptors (Lipinski definition) is 6. The van der Waals surface area contributed by atoms with Crippen LogP contribution in [-0.2, 0) is 19.1 Å². The summed E-state index contributed by atoms with van der Waals surface area (Å²) in [6.45, 7) is 8.33. The molecule has 2 N–H and O–H groups in total. The number of carbonyl (C=O) groups is 2. The smallest absolute Gasteiger partial charge is 0.330 e. The number of carbonyl (C=O) groups excluding carboxylic acids is 2. The molecule has 208 valence electrons. The zero-order chi connectivity index (χ0) is 26.8. The van der Waals surface area contributed by atoms with E-state index in [1.165, 1.54) is 77.7 Å². The van der Waals surface area contributed by atoms with Gasteiger partial charge in [0, 0.05) is 25.7 Å². The average molecular weight is 501 g/mol. The van der Waals surface area contributed by atoms with E-state index in [9.17, 15) is 9.59 Å². The van der Waals surface area contributed by atoms with E-state index < -0.39 is 0 Å². The normalized spacial score (nSPS) is 10.1. The lowest BCUT2D eigenvalue weighted by atomic mass is 10.1. The molecule has 0 saturated carbocycles. The van der Waals surface area contributed by atoms with Gasteiger partial charge in [0.05, 0.1) is 13.7 Å². The fourth-order valence-electron chi connectivity index (χ4n) is 2.93. The van der Waals surface area contributed by atoms with E-state index in [1.54, 1.807) is 0 Å². The van der Waals surface area contributed by atoms with Crippen LogP contribution in [0.15, 0.2) is 24.8 Å². The van der Waals surface area contributed by atoms with Crippen LogP contribution in [0.1, 0.15) is 123 Å². The van der Waals surface area contributed by atoms with Gasteiger partial charge in [-0.2, -0.15) is 0 Å². The van der Waals surface area contributed by atoms with Gasteiger partial charge in [0.25, 0.3) is 0 Å². The van der Waals surface area contributed by atoms with Crippen LogP contribution in [0.5, 0.6) is 0 Å². The Labute approximate surface area is 216 Å². The molecule has 0 aliphatic heterocycles. The van der Waals surface area contributed by atoms with Gasteiger partial charge in [-0.25, -0.2) is 4.79 Å². The van der Waals surface area contributed by atoms with Gasteiger partial charge in [-0.3, -0.25) is 4.79 Å². The Kier molecular flexibility index (Phi) is 39.9. The van der Waals surface area contributed by atoms with Gasteiger partial charge in [0.15, 0.2) is 0 Å². The third-order valence-electron chi connectivity index (χ3n) is 5.05. The molecule has 0 saturated heterocycles. The number of aliphatic hydroxyl groups excluding tert-OH is 2. The fraction of sp³-hybridized carbons (Fsp3) is 0.793. The van der Waals surface area contributed by atoms with Gasteiger partial charge >= 0.3 is 11.9 Å². The molecule has 0 atom stereocenters. The first-order chi connectivity index (χ1) is 17.0. The quantitative estimate of drug-likeness (QED) is 0.0757. The summed E-state index contributed by atoms with van der Waals surface area (Å²) in [6, 6.07) is 0. The molecule has 0 aromatic carbocycles. The number of esters is 2. The minimum Gasteiger partial charge on any atom is -0.469 e. The molecule has 0 aliphatic rings. The number of unbranched alkanes of at least 4 members (excludes halogenated alkanes) is 12. The van der Waals surface area contributed by atoms with E-state index in [-0.39, 0.29) is 25.2 Å². The Hall–Kier alpha value is -1.66. The number of aliphatic hydroxyl groups is 2. The van der Waals surface area contributed by atoms with Gasteiger partial charge in [-0.15, -0.1) is 0 Å². The highest BCUT2D eigenvalue weighted by atomic mass is 16.5. The van der Waals surface area contributed by atoms with Crippen LogP contribution in [0.25, 0.3) is 0 Å². The molecule has 35 heavy (non-hydrogen) atoms. The molecule has 0 amide bonds. The van der Waals surface area contributed by atoms with Crippen molar-refractivity contribution in [2.75, 3.05) is 26.9 Å². The summed E-state index contributed by atoms with van der Waals surface area (Å²) >= 11 is 0. The SMILES string of the molecule is C=CC(=O)OCCC.CCCCCCCC/C=C\CCCCCCCC(=O)OC.OCCCCO. The van der Waals surface area contributed by atoms with Crippen molar-refractivity contribution in [2.45, 2.75) is 123 Å². The summed E-state index contributed by atoms with van der Waals surface area (Å²) in [5.74, 6) is -0.417. The van der Waals surface area contributed by atoms with E-state index in [0.29, 0.717) is 13.0 Å². The molecule has 0 aliphatic carbocycles. The van der Waals surface area contributed by atoms with Crippen molar-refractivity contribution >= 4 is 11.9 Å². The summed E-state index contributed by atoms with van der Waals surface area (Å²) in [5, 5.41) is 16.2. The maximum atomic E-state index is 10.9. The monoisotopic (exact) mass is 500 g/mol. The van der Waals surface area contributed by atoms with Gasteiger partial charge in [-0.1, -0.05) is 83.9 Å². The lowest BCUT2D eigenvalue weighted by Crippen LogP contribution is -1.99. The van der Waals surface area contributed by atoms with Gasteiger partial charge in [0.1, 0.15) is 0 Å². The number of ether oxygens (including phenoxy) is 2. The van der Waals surface area contributed by atoms with E-state index in [4.69, 9.17) is 10.2 Å². The van der Waals surface area contributed by atoms with Crippen LogP contribution in [0.3, 0.4) is 0 Å². The predicted molar refractivity (Wildman–Crippen MR) is 146 cm³/mol. The molecular formula is C29H56O6. The molecule has 0 aromatic rings. The van der Waals surface area contributed by atoms with E-state index >= 15 is 0 Å². The van der Waals surface area contributed by atoms with E-state index in [1.807, 2.05) is 6.92 Å². The van der Waals surface area contributed by atoms with Crippen LogP contribution in [0, 0.1) is 0 Å². The average Bonchev–Trinajstić information content (AvgIpc) is 2.88. The van der Waals surface area contributed by atoms with E-state index in [0.717, 1.165) is 38.2 Å². The van der Waals surface area contributed by atoms with Crippen LogP contribution >= 0.6 is 0 Å². The van der Waals surface area contributed by atoms with Gasteiger partial charge in [-0.05, 0) is 51.4 Å². The summed E-state index contributed by atoms with van der Waals surface area (Å²) in [4.78, 5) is 21.1. The Bertz CT molecular complexity index is 458. The molecule has 6 heteroatoms. The molecule has 0 unspecified atom stereocenters. The first-order valence-corrected chi connectivity index (χ1v) is 13.8.